The molecule has 112 valence electrons. The standard InChI is InChI=1S/C18H23NO2/c1-18(13-19,15-7-5-9-17(11-15)21-3)12-14-6-4-8-16(10-14)20-2/h4-11H,12-13,19H2,1-3H3. The molecule has 2 aromatic carbocycles. The van der Waals surface area contributed by atoms with Crippen molar-refractivity contribution < 1.29 is 9.47 Å². The third-order valence-electron chi connectivity index (χ3n) is 3.95. The molecule has 0 radical (unpaired) electrons. The summed E-state index contributed by atoms with van der Waals surface area (Å²) in [5.41, 5.74) is 8.34. The van der Waals surface area contributed by atoms with E-state index >= 15 is 0 Å². The van der Waals surface area contributed by atoms with E-state index in [1.54, 1.807) is 14.2 Å². The molecule has 21 heavy (non-hydrogen) atoms. The van der Waals surface area contributed by atoms with Crippen LogP contribution in [0.5, 0.6) is 11.5 Å². The van der Waals surface area contributed by atoms with Crippen LogP contribution in [0.1, 0.15) is 18.1 Å². The van der Waals surface area contributed by atoms with Crippen LogP contribution in [-0.4, -0.2) is 20.8 Å². The van der Waals surface area contributed by atoms with Crippen LogP contribution in [0.15, 0.2) is 48.5 Å². The lowest BCUT2D eigenvalue weighted by Crippen LogP contribution is -2.34. The molecule has 0 spiro atoms. The number of methoxy groups -OCH3 is 2. The molecule has 0 bridgehead atoms. The van der Waals surface area contributed by atoms with Gasteiger partial charge in [0.2, 0.25) is 0 Å². The summed E-state index contributed by atoms with van der Waals surface area (Å²) in [6.45, 7) is 2.75. The summed E-state index contributed by atoms with van der Waals surface area (Å²) in [5.74, 6) is 1.73. The van der Waals surface area contributed by atoms with Crippen molar-refractivity contribution in [2.45, 2.75) is 18.8 Å². The lowest BCUT2D eigenvalue weighted by atomic mass is 9.77. The van der Waals surface area contributed by atoms with E-state index in [0.717, 1.165) is 17.9 Å². The van der Waals surface area contributed by atoms with Crippen molar-refractivity contribution >= 4 is 0 Å². The van der Waals surface area contributed by atoms with Gasteiger partial charge >= 0.3 is 0 Å². The first-order valence-electron chi connectivity index (χ1n) is 7.09. The molecule has 2 rings (SSSR count). The first-order chi connectivity index (χ1) is 10.1. The molecule has 0 aliphatic carbocycles. The average molecular weight is 285 g/mol. The maximum absolute atomic E-state index is 6.08. The summed E-state index contributed by atoms with van der Waals surface area (Å²) < 4.78 is 10.6. The summed E-state index contributed by atoms with van der Waals surface area (Å²) in [4.78, 5) is 0. The Kier molecular flexibility index (Phi) is 4.86. The van der Waals surface area contributed by atoms with Crippen molar-refractivity contribution in [2.75, 3.05) is 20.8 Å². The zero-order chi connectivity index (χ0) is 15.3. The quantitative estimate of drug-likeness (QED) is 0.886. The van der Waals surface area contributed by atoms with E-state index in [2.05, 4.69) is 31.2 Å². The third kappa shape index (κ3) is 3.56. The molecule has 0 amide bonds. The summed E-state index contributed by atoms with van der Waals surface area (Å²) in [6, 6.07) is 16.3. The molecule has 2 aromatic rings. The normalized spacial score (nSPS) is 13.5. The van der Waals surface area contributed by atoms with Crippen LogP contribution in [0.3, 0.4) is 0 Å². The zero-order valence-corrected chi connectivity index (χ0v) is 12.9. The van der Waals surface area contributed by atoms with Gasteiger partial charge in [0.1, 0.15) is 11.5 Å². The molecule has 3 heteroatoms. The minimum absolute atomic E-state index is 0.138. The largest absolute Gasteiger partial charge is 0.497 e. The average Bonchev–Trinajstić information content (AvgIpc) is 2.55. The highest BCUT2D eigenvalue weighted by atomic mass is 16.5. The second-order valence-corrected chi connectivity index (χ2v) is 5.53. The first kappa shape index (κ1) is 15.4. The first-order valence-corrected chi connectivity index (χ1v) is 7.09. The molecule has 1 atom stereocenters. The summed E-state index contributed by atoms with van der Waals surface area (Å²) in [6.07, 6.45) is 0.855. The molecule has 0 aliphatic heterocycles. The molecule has 0 saturated carbocycles. The number of ether oxygens (including phenoxy) is 2. The van der Waals surface area contributed by atoms with Gasteiger partial charge in [-0.2, -0.15) is 0 Å². The number of rotatable bonds is 6. The Balaban J connectivity index is 2.31. The van der Waals surface area contributed by atoms with Crippen molar-refractivity contribution in [1.29, 1.82) is 0 Å². The molecule has 3 nitrogen and oxygen atoms in total. The van der Waals surface area contributed by atoms with Gasteiger partial charge in [-0.25, -0.2) is 0 Å². The molecular formula is C18H23NO2. The van der Waals surface area contributed by atoms with Gasteiger partial charge in [0.15, 0.2) is 0 Å². The van der Waals surface area contributed by atoms with Crippen molar-refractivity contribution in [1.82, 2.24) is 0 Å². The monoisotopic (exact) mass is 285 g/mol. The van der Waals surface area contributed by atoms with Gasteiger partial charge in [-0.3, -0.25) is 0 Å². The zero-order valence-electron chi connectivity index (χ0n) is 12.9. The Morgan fingerprint density at radius 2 is 1.57 bits per heavy atom. The summed E-state index contributed by atoms with van der Waals surface area (Å²) >= 11 is 0. The van der Waals surface area contributed by atoms with E-state index < -0.39 is 0 Å². The van der Waals surface area contributed by atoms with Crippen molar-refractivity contribution in [3.63, 3.8) is 0 Å². The van der Waals surface area contributed by atoms with E-state index in [9.17, 15) is 0 Å². The van der Waals surface area contributed by atoms with E-state index in [-0.39, 0.29) is 5.41 Å². The Hall–Kier alpha value is -2.00. The summed E-state index contributed by atoms with van der Waals surface area (Å²) in [7, 11) is 3.37. The molecule has 0 heterocycles. The highest BCUT2D eigenvalue weighted by Crippen LogP contribution is 2.30. The Labute approximate surface area is 126 Å². The number of hydrogen-bond acceptors (Lipinski definition) is 3. The smallest absolute Gasteiger partial charge is 0.119 e. The van der Waals surface area contributed by atoms with Crippen LogP contribution in [0.25, 0.3) is 0 Å². The third-order valence-corrected chi connectivity index (χ3v) is 3.95. The number of benzene rings is 2. The van der Waals surface area contributed by atoms with Gasteiger partial charge in [-0.15, -0.1) is 0 Å². The molecule has 2 N–H and O–H groups in total. The van der Waals surface area contributed by atoms with Gasteiger partial charge in [0.05, 0.1) is 14.2 Å². The van der Waals surface area contributed by atoms with Gasteiger partial charge in [0.25, 0.3) is 0 Å². The van der Waals surface area contributed by atoms with E-state index in [4.69, 9.17) is 15.2 Å². The van der Waals surface area contributed by atoms with E-state index in [0.29, 0.717) is 6.54 Å². The minimum atomic E-state index is -0.138. The van der Waals surface area contributed by atoms with Crippen molar-refractivity contribution in [2.24, 2.45) is 5.73 Å². The second-order valence-electron chi connectivity index (χ2n) is 5.53. The summed E-state index contributed by atoms with van der Waals surface area (Å²) in [5, 5.41) is 0. The van der Waals surface area contributed by atoms with Crippen molar-refractivity contribution in [3.05, 3.63) is 59.7 Å². The maximum atomic E-state index is 6.08. The lowest BCUT2D eigenvalue weighted by Gasteiger charge is -2.29. The fourth-order valence-electron chi connectivity index (χ4n) is 2.52. The van der Waals surface area contributed by atoms with E-state index in [1.165, 1.54) is 11.1 Å². The number of nitrogens with two attached hydrogens (primary N) is 1. The fourth-order valence-corrected chi connectivity index (χ4v) is 2.52. The molecule has 0 aliphatic rings. The SMILES string of the molecule is COc1cccc(CC(C)(CN)c2cccc(OC)c2)c1. The molecular weight excluding hydrogens is 262 g/mol. The van der Waals surface area contributed by atoms with Crippen LogP contribution in [0.4, 0.5) is 0 Å². The molecule has 1 unspecified atom stereocenters. The Morgan fingerprint density at radius 1 is 0.952 bits per heavy atom. The van der Waals surface area contributed by atoms with Crippen LogP contribution >= 0.6 is 0 Å². The van der Waals surface area contributed by atoms with Crippen LogP contribution in [0, 0.1) is 0 Å². The van der Waals surface area contributed by atoms with Crippen LogP contribution in [0.2, 0.25) is 0 Å². The topological polar surface area (TPSA) is 44.5 Å². The van der Waals surface area contributed by atoms with E-state index in [1.807, 2.05) is 24.3 Å². The van der Waals surface area contributed by atoms with Crippen LogP contribution < -0.4 is 15.2 Å². The van der Waals surface area contributed by atoms with Crippen LogP contribution in [-0.2, 0) is 11.8 Å². The van der Waals surface area contributed by atoms with Crippen molar-refractivity contribution in [3.8, 4) is 11.5 Å². The lowest BCUT2D eigenvalue weighted by molar-refractivity contribution is 0.408. The van der Waals surface area contributed by atoms with Gasteiger partial charge < -0.3 is 15.2 Å². The molecule has 0 saturated heterocycles. The van der Waals surface area contributed by atoms with Gasteiger partial charge in [0, 0.05) is 12.0 Å². The second kappa shape index (κ2) is 6.64. The minimum Gasteiger partial charge on any atom is -0.497 e. The predicted molar refractivity (Wildman–Crippen MR) is 86.1 cm³/mol. The molecule has 0 aromatic heterocycles. The highest BCUT2D eigenvalue weighted by Gasteiger charge is 2.26. The Morgan fingerprint density at radius 3 is 2.19 bits per heavy atom. The predicted octanol–water partition coefficient (Wildman–Crippen LogP) is 3.16. The maximum Gasteiger partial charge on any atom is 0.119 e. The van der Waals surface area contributed by atoms with Gasteiger partial charge in [-0.05, 0) is 41.8 Å². The Bertz CT molecular complexity index is 597. The molecule has 0 fully saturated rings. The van der Waals surface area contributed by atoms with Gasteiger partial charge in [-0.1, -0.05) is 31.2 Å². The highest BCUT2D eigenvalue weighted by molar-refractivity contribution is 5.37. The number of hydrogen-bond donors (Lipinski definition) is 1. The fraction of sp³-hybridized carbons (Fsp3) is 0.333.